The quantitative estimate of drug-likeness (QED) is 0.416. The van der Waals surface area contributed by atoms with Gasteiger partial charge in [0.25, 0.3) is 5.91 Å². The van der Waals surface area contributed by atoms with Gasteiger partial charge in [-0.1, -0.05) is 12.1 Å². The lowest BCUT2D eigenvalue weighted by molar-refractivity contribution is -0.137. The molecule has 0 aliphatic heterocycles. The molecule has 0 aromatic heterocycles. The molecule has 0 atom stereocenters. The molecule has 2 rings (SSSR count). The van der Waals surface area contributed by atoms with Crippen molar-refractivity contribution in [2.45, 2.75) is 20.0 Å². The van der Waals surface area contributed by atoms with E-state index in [4.69, 9.17) is 15.2 Å². The van der Waals surface area contributed by atoms with E-state index in [9.17, 15) is 18.0 Å². The van der Waals surface area contributed by atoms with Crippen LogP contribution < -0.4 is 15.2 Å². The van der Waals surface area contributed by atoms with Crippen molar-refractivity contribution in [1.82, 2.24) is 0 Å². The summed E-state index contributed by atoms with van der Waals surface area (Å²) in [6.07, 6.45) is -2.78. The zero-order valence-electron chi connectivity index (χ0n) is 19.9. The molecule has 0 radical (unpaired) electrons. The minimum absolute atomic E-state index is 0.120. The fourth-order valence-corrected chi connectivity index (χ4v) is 2.99. The molecule has 35 heavy (non-hydrogen) atoms. The number of nitrogens with two attached hydrogens (primary N) is 1. The van der Waals surface area contributed by atoms with E-state index in [0.29, 0.717) is 34.2 Å². The van der Waals surface area contributed by atoms with Crippen LogP contribution in [0.4, 0.5) is 13.2 Å². The number of benzene rings is 2. The number of nitrogens with zero attached hydrogens (tertiary/aromatic N) is 3. The maximum Gasteiger partial charge on any atom is 0.416 e. The minimum Gasteiger partial charge on any atom is -0.489 e. The number of aliphatic imine (C=N–C) groups is 3. The predicted molar refractivity (Wildman–Crippen MR) is 131 cm³/mol. The first kappa shape index (κ1) is 27.3. The Morgan fingerprint density at radius 1 is 1.00 bits per heavy atom. The molecule has 2 N–H and O–H groups in total. The van der Waals surface area contributed by atoms with Crippen LogP contribution in [-0.2, 0) is 11.0 Å². The number of carbonyl (C=O) groups excluding carboxylic acids is 1. The lowest BCUT2D eigenvalue weighted by Gasteiger charge is -2.12. The molecule has 10 heteroatoms. The topological polar surface area (TPSA) is 98.6 Å². The predicted octanol–water partition coefficient (Wildman–Crippen LogP) is 4.50. The largest absolute Gasteiger partial charge is 0.489 e. The number of amidine groups is 1. The molecule has 0 saturated carbocycles. The normalized spacial score (nSPS) is 13.6. The second-order valence-electron chi connectivity index (χ2n) is 7.42. The van der Waals surface area contributed by atoms with Crippen molar-refractivity contribution in [3.05, 3.63) is 70.8 Å². The number of halogens is 3. The van der Waals surface area contributed by atoms with Gasteiger partial charge in [0.2, 0.25) is 0 Å². The highest BCUT2D eigenvalue weighted by atomic mass is 19.4. The van der Waals surface area contributed by atoms with Crippen LogP contribution in [0.15, 0.2) is 74.7 Å². The van der Waals surface area contributed by atoms with Crippen LogP contribution in [0.2, 0.25) is 0 Å². The van der Waals surface area contributed by atoms with Gasteiger partial charge in [0.15, 0.2) is 12.4 Å². The number of primary amides is 1. The van der Waals surface area contributed by atoms with Gasteiger partial charge < -0.3 is 15.2 Å². The summed E-state index contributed by atoms with van der Waals surface area (Å²) >= 11 is 0. The van der Waals surface area contributed by atoms with E-state index >= 15 is 0 Å². The van der Waals surface area contributed by atoms with Crippen molar-refractivity contribution in [3.63, 3.8) is 0 Å². The molecular weight excluding hydrogens is 461 g/mol. The Hall–Kier alpha value is -3.95. The number of hydrogen-bond donors (Lipinski definition) is 1. The van der Waals surface area contributed by atoms with Crippen LogP contribution in [0.3, 0.4) is 0 Å². The number of rotatable bonds is 9. The van der Waals surface area contributed by atoms with Gasteiger partial charge in [0.1, 0.15) is 18.1 Å². The van der Waals surface area contributed by atoms with Crippen LogP contribution in [0.1, 0.15) is 25.0 Å². The first-order chi connectivity index (χ1) is 16.5. The number of alkyl halides is 3. The second-order valence-corrected chi connectivity index (χ2v) is 7.42. The first-order valence-corrected chi connectivity index (χ1v) is 10.5. The highest BCUT2D eigenvalue weighted by Crippen LogP contribution is 2.30. The Labute approximate surface area is 201 Å². The van der Waals surface area contributed by atoms with Crippen LogP contribution in [-0.4, -0.2) is 51.0 Å². The van der Waals surface area contributed by atoms with Gasteiger partial charge in [-0.05, 0) is 55.8 Å². The average molecular weight is 489 g/mol. The van der Waals surface area contributed by atoms with Gasteiger partial charge >= 0.3 is 6.18 Å². The monoisotopic (exact) mass is 488 g/mol. The third kappa shape index (κ3) is 8.40. The molecule has 2 aromatic rings. The lowest BCUT2D eigenvalue weighted by atomic mass is 10.1. The summed E-state index contributed by atoms with van der Waals surface area (Å²) in [5, 5.41) is 0. The summed E-state index contributed by atoms with van der Waals surface area (Å²) in [6, 6.07) is 11.4. The van der Waals surface area contributed by atoms with Crippen LogP contribution in [0, 0.1) is 0 Å². The zero-order chi connectivity index (χ0) is 26.0. The van der Waals surface area contributed by atoms with Crippen molar-refractivity contribution in [3.8, 4) is 11.5 Å². The molecule has 0 bridgehead atoms. The van der Waals surface area contributed by atoms with E-state index < -0.39 is 17.6 Å². The standard InChI is InChI=1S/C25H27F3N4O3/c1-16(14-34-20-10-8-19(9-11-20)25(26,27)28)22(13-30-3)17(2)32-24(31-4)18-6-5-7-21(12-18)35-15-23(29)33/h5-13H,14-15H2,1-4H3,(H2,29,33)/b22-16-,30-13?,31-24?,32-17?. The highest BCUT2D eigenvalue weighted by Gasteiger charge is 2.30. The van der Waals surface area contributed by atoms with Gasteiger partial charge in [0, 0.05) is 37.2 Å². The molecule has 0 fully saturated rings. The fraction of sp³-hybridized carbons (Fsp3) is 0.280. The van der Waals surface area contributed by atoms with Gasteiger partial charge in [-0.25, -0.2) is 4.99 Å². The summed E-state index contributed by atoms with van der Waals surface area (Å²) in [5.41, 5.74) is 7.12. The molecule has 0 heterocycles. The summed E-state index contributed by atoms with van der Waals surface area (Å²) in [6.45, 7) is 3.48. The smallest absolute Gasteiger partial charge is 0.416 e. The minimum atomic E-state index is -4.40. The molecule has 2 aromatic carbocycles. The summed E-state index contributed by atoms with van der Waals surface area (Å²) in [7, 11) is 3.21. The van der Waals surface area contributed by atoms with E-state index in [0.717, 1.165) is 17.7 Å². The molecule has 0 spiro atoms. The Bertz CT molecular complexity index is 1150. The third-order valence-electron chi connectivity index (χ3n) is 4.70. The highest BCUT2D eigenvalue weighted by molar-refractivity contribution is 6.20. The molecule has 0 aliphatic carbocycles. The number of carbonyl (C=O) groups is 1. The lowest BCUT2D eigenvalue weighted by Crippen LogP contribution is -2.20. The van der Waals surface area contributed by atoms with Crippen molar-refractivity contribution >= 4 is 23.7 Å². The van der Waals surface area contributed by atoms with E-state index in [-0.39, 0.29) is 13.2 Å². The molecule has 186 valence electrons. The molecule has 0 saturated heterocycles. The number of allylic oxidation sites excluding steroid dienone is 1. The number of ether oxygens (including phenoxy) is 2. The van der Waals surface area contributed by atoms with E-state index in [1.54, 1.807) is 51.5 Å². The number of hydrogen-bond acceptors (Lipinski definition) is 5. The summed E-state index contributed by atoms with van der Waals surface area (Å²) in [4.78, 5) is 23.9. The van der Waals surface area contributed by atoms with Gasteiger partial charge in [0.05, 0.1) is 5.56 Å². The van der Waals surface area contributed by atoms with Gasteiger partial charge in [-0.15, -0.1) is 0 Å². The fourth-order valence-electron chi connectivity index (χ4n) is 2.99. The Balaban J connectivity index is 2.24. The zero-order valence-corrected chi connectivity index (χ0v) is 19.9. The summed E-state index contributed by atoms with van der Waals surface area (Å²) < 4.78 is 49.3. The van der Waals surface area contributed by atoms with Crippen molar-refractivity contribution in [2.75, 3.05) is 27.3 Å². The molecule has 7 nitrogen and oxygen atoms in total. The van der Waals surface area contributed by atoms with Crippen molar-refractivity contribution < 1.29 is 27.4 Å². The van der Waals surface area contributed by atoms with E-state index in [1.807, 2.05) is 6.92 Å². The maximum absolute atomic E-state index is 12.8. The molecule has 0 aliphatic rings. The average Bonchev–Trinajstić information content (AvgIpc) is 2.82. The van der Waals surface area contributed by atoms with Crippen LogP contribution in [0.5, 0.6) is 11.5 Å². The second kappa shape index (κ2) is 12.5. The Morgan fingerprint density at radius 3 is 2.23 bits per heavy atom. The van der Waals surface area contributed by atoms with Gasteiger partial charge in [-0.2, -0.15) is 13.2 Å². The van der Waals surface area contributed by atoms with Crippen LogP contribution in [0.25, 0.3) is 0 Å². The SMILES string of the molecule is CN=C/C(C(C)=NC(=NC)c1cccc(OCC(N)=O)c1)=C(\C)COc1ccc(C(F)(F)F)cc1. The van der Waals surface area contributed by atoms with E-state index in [1.165, 1.54) is 12.1 Å². The first-order valence-electron chi connectivity index (χ1n) is 10.5. The van der Waals surface area contributed by atoms with Crippen molar-refractivity contribution in [1.29, 1.82) is 0 Å². The van der Waals surface area contributed by atoms with Crippen LogP contribution >= 0.6 is 0 Å². The molecule has 1 amide bonds. The molecule has 0 unspecified atom stereocenters. The van der Waals surface area contributed by atoms with E-state index in [2.05, 4.69) is 15.0 Å². The van der Waals surface area contributed by atoms with Gasteiger partial charge in [-0.3, -0.25) is 14.8 Å². The Morgan fingerprint density at radius 2 is 1.66 bits per heavy atom. The summed E-state index contributed by atoms with van der Waals surface area (Å²) in [5.74, 6) is 0.590. The number of amides is 1. The van der Waals surface area contributed by atoms with Crippen molar-refractivity contribution in [2.24, 2.45) is 20.7 Å². The Kier molecular flexibility index (Phi) is 9.74. The third-order valence-corrected chi connectivity index (χ3v) is 4.70. The molecular formula is C25H27F3N4O3. The maximum atomic E-state index is 12.8.